The molecule has 9 nitrogen and oxygen atoms in total. The number of nitrogens with one attached hydrogen (secondary N) is 1. The summed E-state index contributed by atoms with van der Waals surface area (Å²) in [7, 11) is 1.61. The van der Waals surface area contributed by atoms with Gasteiger partial charge in [-0.3, -0.25) is 0 Å². The molecule has 1 unspecified atom stereocenters. The fourth-order valence-electron chi connectivity index (χ4n) is 3.21. The van der Waals surface area contributed by atoms with Crippen LogP contribution < -0.4 is 19.9 Å². The van der Waals surface area contributed by atoms with Gasteiger partial charge < -0.3 is 24.6 Å². The van der Waals surface area contributed by atoms with Gasteiger partial charge in [-0.1, -0.05) is 0 Å². The summed E-state index contributed by atoms with van der Waals surface area (Å²) in [5, 5.41) is 3.44. The third kappa shape index (κ3) is 3.77. The van der Waals surface area contributed by atoms with E-state index >= 15 is 0 Å². The van der Waals surface area contributed by atoms with E-state index in [1.54, 1.807) is 25.7 Å². The van der Waals surface area contributed by atoms with E-state index in [1.807, 2.05) is 6.07 Å². The Morgan fingerprint density at radius 3 is 2.69 bits per heavy atom. The molecule has 2 aromatic heterocycles. The first-order valence-corrected chi connectivity index (χ1v) is 8.85. The fraction of sp³-hybridized carbons (Fsp3) is 0.529. The van der Waals surface area contributed by atoms with Crippen molar-refractivity contribution < 1.29 is 9.47 Å². The van der Waals surface area contributed by atoms with Crippen LogP contribution in [-0.2, 0) is 4.74 Å². The van der Waals surface area contributed by atoms with Crippen molar-refractivity contribution in [2.75, 3.05) is 61.6 Å². The second-order valence-electron chi connectivity index (χ2n) is 6.34. The van der Waals surface area contributed by atoms with Gasteiger partial charge in [0.05, 0.1) is 32.7 Å². The number of rotatable bonds is 5. The first-order valence-electron chi connectivity index (χ1n) is 8.85. The highest BCUT2D eigenvalue weighted by molar-refractivity contribution is 5.44. The van der Waals surface area contributed by atoms with Crippen LogP contribution in [0.5, 0.6) is 5.75 Å². The van der Waals surface area contributed by atoms with Gasteiger partial charge in [-0.25, -0.2) is 15.0 Å². The minimum Gasteiger partial charge on any atom is -0.494 e. The zero-order valence-electron chi connectivity index (χ0n) is 14.8. The van der Waals surface area contributed by atoms with E-state index in [4.69, 9.17) is 9.47 Å². The van der Waals surface area contributed by atoms with Gasteiger partial charge in [0.25, 0.3) is 0 Å². The van der Waals surface area contributed by atoms with Crippen LogP contribution in [0.25, 0.3) is 0 Å². The second-order valence-corrected chi connectivity index (χ2v) is 6.34. The smallest absolute Gasteiger partial charge is 0.225 e. The molecule has 4 rings (SSSR count). The Labute approximate surface area is 152 Å². The molecular formula is C17H23N7O2. The summed E-state index contributed by atoms with van der Waals surface area (Å²) < 4.78 is 10.5. The van der Waals surface area contributed by atoms with Crippen molar-refractivity contribution >= 4 is 17.7 Å². The summed E-state index contributed by atoms with van der Waals surface area (Å²) in [4.78, 5) is 22.1. The Morgan fingerprint density at radius 2 is 1.92 bits per heavy atom. The van der Waals surface area contributed by atoms with E-state index in [9.17, 15) is 0 Å². The van der Waals surface area contributed by atoms with Crippen LogP contribution in [-0.4, -0.2) is 72.5 Å². The van der Waals surface area contributed by atoms with E-state index in [1.165, 1.54) is 0 Å². The van der Waals surface area contributed by atoms with Gasteiger partial charge in [0.1, 0.15) is 5.82 Å². The maximum atomic E-state index is 5.40. The predicted molar refractivity (Wildman–Crippen MR) is 97.9 cm³/mol. The van der Waals surface area contributed by atoms with Gasteiger partial charge in [-0.05, 0) is 12.5 Å². The van der Waals surface area contributed by atoms with E-state index < -0.39 is 0 Å². The van der Waals surface area contributed by atoms with Gasteiger partial charge in [-0.15, -0.1) is 0 Å². The second kappa shape index (κ2) is 7.69. The molecule has 0 bridgehead atoms. The van der Waals surface area contributed by atoms with Crippen molar-refractivity contribution in [3.8, 4) is 5.75 Å². The van der Waals surface area contributed by atoms with Crippen molar-refractivity contribution in [3.05, 3.63) is 24.7 Å². The summed E-state index contributed by atoms with van der Waals surface area (Å²) in [5.41, 5.74) is 0. The number of morpholine rings is 1. The molecule has 4 heterocycles. The lowest BCUT2D eigenvalue weighted by Gasteiger charge is -2.28. The largest absolute Gasteiger partial charge is 0.494 e. The van der Waals surface area contributed by atoms with Crippen LogP contribution in [0.15, 0.2) is 24.7 Å². The highest BCUT2D eigenvalue weighted by Gasteiger charge is 2.25. The van der Waals surface area contributed by atoms with Crippen LogP contribution in [0, 0.1) is 0 Å². The van der Waals surface area contributed by atoms with Gasteiger partial charge in [0, 0.05) is 38.4 Å². The third-order valence-electron chi connectivity index (χ3n) is 4.63. The van der Waals surface area contributed by atoms with E-state index in [0.29, 0.717) is 11.7 Å². The average molecular weight is 357 g/mol. The molecule has 2 aliphatic heterocycles. The van der Waals surface area contributed by atoms with Gasteiger partial charge >= 0.3 is 0 Å². The molecule has 0 saturated carbocycles. The SMILES string of the molecule is COc1cnc(N2CCC(Nc3nccc(N4CCOCC4)n3)C2)nc1. The zero-order chi connectivity index (χ0) is 17.8. The third-order valence-corrected chi connectivity index (χ3v) is 4.63. The lowest BCUT2D eigenvalue weighted by atomic mass is 10.3. The Kier molecular flexibility index (Phi) is 4.96. The van der Waals surface area contributed by atoms with E-state index in [-0.39, 0.29) is 6.04 Å². The Bertz CT molecular complexity index is 721. The molecule has 0 aromatic carbocycles. The quantitative estimate of drug-likeness (QED) is 0.834. The molecule has 2 aliphatic rings. The van der Waals surface area contributed by atoms with Crippen LogP contribution in [0.4, 0.5) is 17.7 Å². The van der Waals surface area contributed by atoms with Crippen LogP contribution in [0.3, 0.4) is 0 Å². The van der Waals surface area contributed by atoms with Gasteiger partial charge in [-0.2, -0.15) is 4.98 Å². The fourth-order valence-corrected chi connectivity index (χ4v) is 3.21. The van der Waals surface area contributed by atoms with Crippen molar-refractivity contribution in [2.24, 2.45) is 0 Å². The van der Waals surface area contributed by atoms with Crippen molar-refractivity contribution in [1.82, 2.24) is 19.9 Å². The molecule has 2 saturated heterocycles. The number of methoxy groups -OCH3 is 1. The highest BCUT2D eigenvalue weighted by Crippen LogP contribution is 2.20. The predicted octanol–water partition coefficient (Wildman–Crippen LogP) is 0.803. The van der Waals surface area contributed by atoms with E-state index in [0.717, 1.165) is 57.6 Å². The van der Waals surface area contributed by atoms with Crippen LogP contribution >= 0.6 is 0 Å². The summed E-state index contributed by atoms with van der Waals surface area (Å²) in [5.74, 6) is 2.99. The van der Waals surface area contributed by atoms with Crippen molar-refractivity contribution in [2.45, 2.75) is 12.5 Å². The van der Waals surface area contributed by atoms with Crippen LogP contribution in [0.1, 0.15) is 6.42 Å². The zero-order valence-corrected chi connectivity index (χ0v) is 14.8. The minimum absolute atomic E-state index is 0.264. The van der Waals surface area contributed by atoms with Crippen LogP contribution in [0.2, 0.25) is 0 Å². The Morgan fingerprint density at radius 1 is 1.12 bits per heavy atom. The molecule has 0 amide bonds. The lowest BCUT2D eigenvalue weighted by Crippen LogP contribution is -2.37. The molecule has 1 N–H and O–H groups in total. The van der Waals surface area contributed by atoms with Crippen molar-refractivity contribution in [3.63, 3.8) is 0 Å². The monoisotopic (exact) mass is 357 g/mol. The summed E-state index contributed by atoms with van der Waals surface area (Å²) in [6.45, 7) is 4.92. The number of anilines is 3. The number of aromatic nitrogens is 4. The summed E-state index contributed by atoms with van der Waals surface area (Å²) >= 11 is 0. The summed E-state index contributed by atoms with van der Waals surface area (Å²) in [6.07, 6.45) is 6.18. The number of hydrogen-bond donors (Lipinski definition) is 1. The molecule has 1 atom stereocenters. The highest BCUT2D eigenvalue weighted by atomic mass is 16.5. The van der Waals surface area contributed by atoms with Gasteiger partial charge in [0.2, 0.25) is 11.9 Å². The number of nitrogens with zero attached hydrogens (tertiary/aromatic N) is 6. The Balaban J connectivity index is 1.37. The standard InChI is InChI=1S/C17H23N7O2/c1-25-14-10-19-17(20-11-14)24-5-3-13(12-24)21-16-18-4-2-15(22-16)23-6-8-26-9-7-23/h2,4,10-11,13H,3,5-9,12H2,1H3,(H,18,21,22). The maximum absolute atomic E-state index is 5.40. The van der Waals surface area contributed by atoms with E-state index in [2.05, 4.69) is 35.1 Å². The molecule has 0 spiro atoms. The topological polar surface area (TPSA) is 88.5 Å². The molecule has 0 radical (unpaired) electrons. The average Bonchev–Trinajstić information content (AvgIpc) is 3.17. The first-order chi connectivity index (χ1) is 12.8. The summed E-state index contributed by atoms with van der Waals surface area (Å²) in [6, 6.07) is 2.21. The Hall–Kier alpha value is -2.68. The molecule has 9 heteroatoms. The molecule has 26 heavy (non-hydrogen) atoms. The maximum Gasteiger partial charge on any atom is 0.225 e. The molecule has 0 aliphatic carbocycles. The first kappa shape index (κ1) is 16.8. The lowest BCUT2D eigenvalue weighted by molar-refractivity contribution is 0.122. The molecule has 2 fully saturated rings. The molecular weight excluding hydrogens is 334 g/mol. The van der Waals surface area contributed by atoms with Gasteiger partial charge in [0.15, 0.2) is 5.75 Å². The molecule has 2 aromatic rings. The normalized spacial score (nSPS) is 20.3. The number of hydrogen-bond acceptors (Lipinski definition) is 9. The van der Waals surface area contributed by atoms with Crippen molar-refractivity contribution in [1.29, 1.82) is 0 Å². The minimum atomic E-state index is 0.264. The number of ether oxygens (including phenoxy) is 2. The molecule has 138 valence electrons.